The molecule has 132 valence electrons. The van der Waals surface area contributed by atoms with Crippen LogP contribution in [0.4, 0.5) is 0 Å². The van der Waals surface area contributed by atoms with E-state index >= 15 is 0 Å². The third-order valence-electron chi connectivity index (χ3n) is 5.30. The summed E-state index contributed by atoms with van der Waals surface area (Å²) in [6, 6.07) is 3.87. The van der Waals surface area contributed by atoms with E-state index in [0.717, 1.165) is 45.0 Å². The highest BCUT2D eigenvalue weighted by Gasteiger charge is 2.41. The summed E-state index contributed by atoms with van der Waals surface area (Å²) in [7, 11) is 0. The molecule has 6 heteroatoms. The van der Waals surface area contributed by atoms with E-state index in [1.54, 1.807) is 12.4 Å². The van der Waals surface area contributed by atoms with Crippen LogP contribution in [0.1, 0.15) is 25.3 Å². The summed E-state index contributed by atoms with van der Waals surface area (Å²) in [5, 5.41) is 9.64. The number of aromatic nitrogens is 1. The summed E-state index contributed by atoms with van der Waals surface area (Å²) in [5.41, 5.74) is 1.04. The van der Waals surface area contributed by atoms with Crippen LogP contribution in [0.3, 0.4) is 0 Å². The Morgan fingerprint density at radius 2 is 2.12 bits per heavy atom. The fourth-order valence-electron chi connectivity index (χ4n) is 4.01. The van der Waals surface area contributed by atoms with Gasteiger partial charge in [-0.1, -0.05) is 6.07 Å². The number of hydrogen-bond donors (Lipinski definition) is 1. The van der Waals surface area contributed by atoms with E-state index in [1.807, 2.05) is 12.1 Å². The maximum Gasteiger partial charge on any atom is 0.308 e. The summed E-state index contributed by atoms with van der Waals surface area (Å²) < 4.78 is 5.45. The molecule has 0 aromatic carbocycles. The van der Waals surface area contributed by atoms with Crippen molar-refractivity contribution in [1.29, 1.82) is 0 Å². The van der Waals surface area contributed by atoms with Crippen LogP contribution in [0.25, 0.3) is 0 Å². The third-order valence-corrected chi connectivity index (χ3v) is 5.30. The van der Waals surface area contributed by atoms with Gasteiger partial charge in [-0.3, -0.25) is 14.7 Å². The number of nitrogens with zero attached hydrogens (tertiary/aromatic N) is 3. The zero-order chi connectivity index (χ0) is 17.2. The van der Waals surface area contributed by atoms with E-state index < -0.39 is 5.97 Å². The fraction of sp³-hybridized carbons (Fsp3) is 0.667. The van der Waals surface area contributed by atoms with E-state index in [4.69, 9.17) is 4.74 Å². The number of carboxylic acids is 1. The zero-order valence-corrected chi connectivity index (χ0v) is 14.5. The van der Waals surface area contributed by atoms with Gasteiger partial charge < -0.3 is 14.7 Å². The Kier molecular flexibility index (Phi) is 5.18. The first-order chi connectivity index (χ1) is 11.5. The van der Waals surface area contributed by atoms with Gasteiger partial charge in [0.05, 0.1) is 19.1 Å². The van der Waals surface area contributed by atoms with Crippen LogP contribution in [0, 0.1) is 5.92 Å². The molecule has 24 heavy (non-hydrogen) atoms. The molecule has 2 fully saturated rings. The number of pyridine rings is 1. The smallest absolute Gasteiger partial charge is 0.308 e. The second-order valence-electron chi connectivity index (χ2n) is 7.44. The number of aliphatic carboxylic acids is 1. The Hall–Kier alpha value is -1.50. The number of carboxylic acid groups (broad SMARTS) is 1. The van der Waals surface area contributed by atoms with Crippen LogP contribution in [-0.2, 0) is 9.53 Å². The number of ether oxygens (including phenoxy) is 1. The van der Waals surface area contributed by atoms with Gasteiger partial charge in [-0.15, -0.1) is 0 Å². The quantitative estimate of drug-likeness (QED) is 0.876. The first-order valence-corrected chi connectivity index (χ1v) is 8.65. The highest BCUT2D eigenvalue weighted by atomic mass is 16.5. The largest absolute Gasteiger partial charge is 0.481 e. The summed E-state index contributed by atoms with van der Waals surface area (Å²) in [6.45, 7) is 10.2. The molecule has 0 amide bonds. The van der Waals surface area contributed by atoms with E-state index in [2.05, 4.69) is 28.6 Å². The van der Waals surface area contributed by atoms with Gasteiger partial charge in [0.15, 0.2) is 0 Å². The molecule has 2 saturated heterocycles. The molecular weight excluding hydrogens is 306 g/mol. The van der Waals surface area contributed by atoms with Gasteiger partial charge in [0.2, 0.25) is 0 Å². The Morgan fingerprint density at radius 3 is 2.75 bits per heavy atom. The first kappa shape index (κ1) is 17.3. The van der Waals surface area contributed by atoms with Gasteiger partial charge in [-0.2, -0.15) is 0 Å². The maximum absolute atomic E-state index is 11.7. The molecule has 1 aromatic heterocycles. The molecule has 0 unspecified atom stereocenters. The monoisotopic (exact) mass is 333 g/mol. The summed E-state index contributed by atoms with van der Waals surface area (Å²) in [4.78, 5) is 20.6. The first-order valence-electron chi connectivity index (χ1n) is 8.65. The van der Waals surface area contributed by atoms with Crippen molar-refractivity contribution in [2.45, 2.75) is 25.3 Å². The molecule has 1 N–H and O–H groups in total. The molecule has 2 aliphatic rings. The topological polar surface area (TPSA) is 65.9 Å². The SMILES string of the molecule is CC(C)(CN1C[C@@H](C(=O)O)[C@H](c2cccnc2)C1)N1CCOCC1. The summed E-state index contributed by atoms with van der Waals surface area (Å²) >= 11 is 0. The summed E-state index contributed by atoms with van der Waals surface area (Å²) in [5.74, 6) is -1.07. The highest BCUT2D eigenvalue weighted by Crippen LogP contribution is 2.34. The Bertz CT molecular complexity index is 558. The van der Waals surface area contributed by atoms with Crippen molar-refractivity contribution in [2.24, 2.45) is 5.92 Å². The molecule has 2 aliphatic heterocycles. The number of carbonyl (C=O) groups is 1. The minimum Gasteiger partial charge on any atom is -0.481 e. The molecule has 3 rings (SSSR count). The molecule has 1 aromatic rings. The van der Waals surface area contributed by atoms with Crippen LogP contribution in [0.15, 0.2) is 24.5 Å². The van der Waals surface area contributed by atoms with Crippen molar-refractivity contribution in [3.63, 3.8) is 0 Å². The van der Waals surface area contributed by atoms with Crippen LogP contribution >= 0.6 is 0 Å². The van der Waals surface area contributed by atoms with Crippen molar-refractivity contribution in [3.05, 3.63) is 30.1 Å². The Balaban J connectivity index is 1.70. The van der Waals surface area contributed by atoms with Gasteiger partial charge in [-0.25, -0.2) is 0 Å². The van der Waals surface area contributed by atoms with Crippen LogP contribution in [0.5, 0.6) is 0 Å². The second kappa shape index (κ2) is 7.17. The van der Waals surface area contributed by atoms with Crippen molar-refractivity contribution < 1.29 is 14.6 Å². The molecule has 0 spiro atoms. The lowest BCUT2D eigenvalue weighted by molar-refractivity contribution is -0.141. The molecule has 0 aliphatic carbocycles. The van der Waals surface area contributed by atoms with Gasteiger partial charge in [0.25, 0.3) is 0 Å². The molecule has 6 nitrogen and oxygen atoms in total. The van der Waals surface area contributed by atoms with Crippen molar-refractivity contribution in [1.82, 2.24) is 14.8 Å². The predicted molar refractivity (Wildman–Crippen MR) is 91.0 cm³/mol. The van der Waals surface area contributed by atoms with Gasteiger partial charge in [-0.05, 0) is 25.5 Å². The fourth-order valence-corrected chi connectivity index (χ4v) is 4.01. The van der Waals surface area contributed by atoms with Crippen molar-refractivity contribution >= 4 is 5.97 Å². The van der Waals surface area contributed by atoms with Gasteiger partial charge in [0, 0.05) is 56.6 Å². The minimum atomic E-state index is -0.712. The zero-order valence-electron chi connectivity index (χ0n) is 14.5. The summed E-state index contributed by atoms with van der Waals surface area (Å²) in [6.07, 6.45) is 3.53. The molecule has 3 heterocycles. The van der Waals surface area contributed by atoms with E-state index in [-0.39, 0.29) is 17.4 Å². The maximum atomic E-state index is 11.7. The molecule has 0 saturated carbocycles. The molecular formula is C18H27N3O3. The van der Waals surface area contributed by atoms with Crippen LogP contribution < -0.4 is 0 Å². The van der Waals surface area contributed by atoms with Gasteiger partial charge in [0.1, 0.15) is 0 Å². The van der Waals surface area contributed by atoms with E-state index in [1.165, 1.54) is 0 Å². The molecule has 0 bridgehead atoms. The highest BCUT2D eigenvalue weighted by molar-refractivity contribution is 5.72. The predicted octanol–water partition coefficient (Wildman–Crippen LogP) is 1.29. The average molecular weight is 333 g/mol. The molecule has 2 atom stereocenters. The lowest BCUT2D eigenvalue weighted by Gasteiger charge is -2.43. The van der Waals surface area contributed by atoms with Crippen molar-refractivity contribution in [3.8, 4) is 0 Å². The lowest BCUT2D eigenvalue weighted by atomic mass is 9.90. The average Bonchev–Trinajstić information content (AvgIpc) is 3.00. The van der Waals surface area contributed by atoms with Crippen LogP contribution in [0.2, 0.25) is 0 Å². The molecule has 0 radical (unpaired) electrons. The van der Waals surface area contributed by atoms with E-state index in [9.17, 15) is 9.90 Å². The van der Waals surface area contributed by atoms with E-state index in [0.29, 0.717) is 6.54 Å². The number of rotatable bonds is 5. The number of morpholine rings is 1. The van der Waals surface area contributed by atoms with Crippen LogP contribution in [-0.4, -0.2) is 77.3 Å². The minimum absolute atomic E-state index is 0.0106. The van der Waals surface area contributed by atoms with Gasteiger partial charge >= 0.3 is 5.97 Å². The Labute approximate surface area is 143 Å². The normalized spacial score (nSPS) is 26.6. The lowest BCUT2D eigenvalue weighted by Crippen LogP contribution is -2.55. The van der Waals surface area contributed by atoms with Crippen molar-refractivity contribution in [2.75, 3.05) is 45.9 Å². The number of likely N-dealkylation sites (tertiary alicyclic amines) is 1. The second-order valence-corrected chi connectivity index (χ2v) is 7.44. The Morgan fingerprint density at radius 1 is 1.38 bits per heavy atom. The standard InChI is InChI=1S/C18H27N3O3/c1-18(2,21-6-8-24-9-7-21)13-20-11-15(16(12-20)17(22)23)14-4-3-5-19-10-14/h3-5,10,15-16H,6-9,11-13H2,1-2H3,(H,22,23)/t15-,16+/m0/s1. The third kappa shape index (κ3) is 3.77. The number of hydrogen-bond acceptors (Lipinski definition) is 5.